The van der Waals surface area contributed by atoms with Crippen LogP contribution < -0.4 is 4.90 Å². The van der Waals surface area contributed by atoms with Crippen LogP contribution in [-0.4, -0.2) is 71.0 Å². The summed E-state index contributed by atoms with van der Waals surface area (Å²) in [6.45, 7) is 5.21. The molecule has 10 heteroatoms. The number of hydrogen-bond acceptors (Lipinski definition) is 6. The van der Waals surface area contributed by atoms with Crippen LogP contribution in [0.5, 0.6) is 0 Å². The van der Waals surface area contributed by atoms with Gasteiger partial charge in [-0.3, -0.25) is 0 Å². The van der Waals surface area contributed by atoms with Gasteiger partial charge >= 0.3 is 12.1 Å². The second-order valence-electron chi connectivity index (χ2n) is 8.61. The zero-order valence-corrected chi connectivity index (χ0v) is 18.2. The molecule has 2 saturated heterocycles. The van der Waals surface area contributed by atoms with Crippen molar-refractivity contribution < 1.29 is 27.8 Å². The van der Waals surface area contributed by atoms with Gasteiger partial charge in [-0.1, -0.05) is 18.2 Å². The molecule has 0 saturated carbocycles. The molecular formula is C23H27F3N4O3. The summed E-state index contributed by atoms with van der Waals surface area (Å²) in [7, 11) is 0. The molecular weight excluding hydrogens is 437 g/mol. The number of anilines is 2. The minimum Gasteiger partial charge on any atom is -0.475 e. The Morgan fingerprint density at radius 2 is 1.67 bits per heavy atom. The van der Waals surface area contributed by atoms with Crippen molar-refractivity contribution in [3.63, 3.8) is 0 Å². The average molecular weight is 464 g/mol. The lowest BCUT2D eigenvalue weighted by molar-refractivity contribution is -0.192. The first-order valence-corrected chi connectivity index (χ1v) is 11.1. The Morgan fingerprint density at radius 1 is 1.06 bits per heavy atom. The monoisotopic (exact) mass is 464 g/mol. The van der Waals surface area contributed by atoms with Crippen molar-refractivity contribution in [1.82, 2.24) is 14.9 Å². The van der Waals surface area contributed by atoms with Crippen LogP contribution in [0, 0.1) is 0 Å². The Balaban J connectivity index is 0.000000325. The standard InChI is InChI=1S/C21H26N4O.C2HF3O2/c1-2-5-19-18(4-1)21(16-25(19)20-22-10-3-11-23-20)8-12-24(13-9-21)17-6-14-26-15-7-17;3-2(4,5)1(6)7/h1-5,10-11,17H,6-9,12-16H2;(H,6,7). The van der Waals surface area contributed by atoms with E-state index < -0.39 is 12.1 Å². The fourth-order valence-corrected chi connectivity index (χ4v) is 5.03. The molecule has 178 valence electrons. The van der Waals surface area contributed by atoms with Gasteiger partial charge in [0.15, 0.2) is 0 Å². The fourth-order valence-electron chi connectivity index (χ4n) is 5.03. The third-order valence-corrected chi connectivity index (χ3v) is 6.73. The highest BCUT2D eigenvalue weighted by molar-refractivity contribution is 5.73. The SMILES string of the molecule is O=C(O)C(F)(F)F.c1cnc(N2CC3(CCN(C4CCOCC4)CC3)c3ccccc32)nc1. The van der Waals surface area contributed by atoms with E-state index in [-0.39, 0.29) is 5.41 Å². The lowest BCUT2D eigenvalue weighted by Crippen LogP contribution is -2.49. The largest absolute Gasteiger partial charge is 0.490 e. The van der Waals surface area contributed by atoms with E-state index in [1.54, 1.807) is 0 Å². The van der Waals surface area contributed by atoms with Crippen molar-refractivity contribution in [2.24, 2.45) is 0 Å². The number of carbonyl (C=O) groups is 1. The van der Waals surface area contributed by atoms with Gasteiger partial charge in [-0.15, -0.1) is 0 Å². The fraction of sp³-hybridized carbons (Fsp3) is 0.522. The predicted molar refractivity (Wildman–Crippen MR) is 115 cm³/mol. The molecule has 1 spiro atoms. The summed E-state index contributed by atoms with van der Waals surface area (Å²) in [6, 6.07) is 11.5. The van der Waals surface area contributed by atoms with Crippen LogP contribution in [0.1, 0.15) is 31.2 Å². The Bertz CT molecular complexity index is 943. The number of likely N-dealkylation sites (tertiary alicyclic amines) is 1. The molecule has 33 heavy (non-hydrogen) atoms. The Kier molecular flexibility index (Phi) is 6.85. The van der Waals surface area contributed by atoms with E-state index in [0.717, 1.165) is 25.7 Å². The smallest absolute Gasteiger partial charge is 0.475 e. The van der Waals surface area contributed by atoms with E-state index in [2.05, 4.69) is 44.0 Å². The van der Waals surface area contributed by atoms with Gasteiger partial charge in [0.05, 0.1) is 0 Å². The topological polar surface area (TPSA) is 78.8 Å². The van der Waals surface area contributed by atoms with E-state index in [1.807, 2.05) is 18.5 Å². The summed E-state index contributed by atoms with van der Waals surface area (Å²) in [4.78, 5) is 23.0. The molecule has 0 aliphatic carbocycles. The summed E-state index contributed by atoms with van der Waals surface area (Å²) in [6.07, 6.45) is 3.39. The molecule has 0 unspecified atom stereocenters. The van der Waals surface area contributed by atoms with Crippen LogP contribution >= 0.6 is 0 Å². The predicted octanol–water partition coefficient (Wildman–Crippen LogP) is 3.77. The Hall–Kier alpha value is -2.72. The second-order valence-corrected chi connectivity index (χ2v) is 8.61. The van der Waals surface area contributed by atoms with E-state index in [1.165, 1.54) is 50.0 Å². The zero-order chi connectivity index (χ0) is 23.5. The zero-order valence-electron chi connectivity index (χ0n) is 18.2. The van der Waals surface area contributed by atoms with Crippen LogP contribution in [0.2, 0.25) is 0 Å². The molecule has 3 aliphatic heterocycles. The van der Waals surface area contributed by atoms with E-state index in [4.69, 9.17) is 14.6 Å². The number of alkyl halides is 3. The highest BCUT2D eigenvalue weighted by Crippen LogP contribution is 2.49. The Morgan fingerprint density at radius 3 is 2.27 bits per heavy atom. The second kappa shape index (κ2) is 9.64. The number of carboxylic acids is 1. The van der Waals surface area contributed by atoms with Gasteiger partial charge in [0.1, 0.15) is 0 Å². The van der Waals surface area contributed by atoms with Crippen molar-refractivity contribution in [2.75, 3.05) is 37.7 Å². The van der Waals surface area contributed by atoms with Gasteiger partial charge in [-0.25, -0.2) is 14.8 Å². The maximum Gasteiger partial charge on any atom is 0.490 e. The van der Waals surface area contributed by atoms with Crippen LogP contribution in [0.3, 0.4) is 0 Å². The summed E-state index contributed by atoms with van der Waals surface area (Å²) in [5.41, 5.74) is 3.01. The van der Waals surface area contributed by atoms with Gasteiger partial charge in [0.2, 0.25) is 5.95 Å². The summed E-state index contributed by atoms with van der Waals surface area (Å²) >= 11 is 0. The number of benzene rings is 1. The van der Waals surface area contributed by atoms with E-state index in [0.29, 0.717) is 6.04 Å². The highest BCUT2D eigenvalue weighted by Gasteiger charge is 2.46. The lowest BCUT2D eigenvalue weighted by atomic mass is 9.74. The first kappa shape index (κ1) is 23.4. The Labute approximate surface area is 190 Å². The van der Waals surface area contributed by atoms with Crippen molar-refractivity contribution in [3.8, 4) is 0 Å². The number of aliphatic carboxylic acids is 1. The quantitative estimate of drug-likeness (QED) is 0.725. The van der Waals surface area contributed by atoms with E-state index in [9.17, 15) is 13.2 Å². The minimum absolute atomic E-state index is 0.234. The normalized spacial score (nSPS) is 20.8. The number of ether oxygens (including phenoxy) is 1. The number of hydrogen-bond donors (Lipinski definition) is 1. The maximum atomic E-state index is 10.6. The highest BCUT2D eigenvalue weighted by atomic mass is 19.4. The maximum absolute atomic E-state index is 10.6. The summed E-state index contributed by atoms with van der Waals surface area (Å²) < 4.78 is 37.3. The summed E-state index contributed by atoms with van der Waals surface area (Å²) in [5, 5.41) is 7.12. The molecule has 4 heterocycles. The molecule has 1 N–H and O–H groups in total. The van der Waals surface area contributed by atoms with Crippen LogP contribution in [0.25, 0.3) is 0 Å². The minimum atomic E-state index is -5.08. The van der Waals surface area contributed by atoms with Crippen molar-refractivity contribution in [1.29, 1.82) is 0 Å². The molecule has 2 fully saturated rings. The van der Waals surface area contributed by atoms with Crippen LogP contribution in [0.15, 0.2) is 42.7 Å². The van der Waals surface area contributed by atoms with Gasteiger partial charge < -0.3 is 19.6 Å². The molecule has 0 bridgehead atoms. The average Bonchev–Trinajstić information content (AvgIpc) is 3.15. The number of carboxylic acid groups (broad SMARTS) is 1. The van der Waals surface area contributed by atoms with Crippen LogP contribution in [0.4, 0.5) is 24.8 Å². The molecule has 2 aromatic rings. The number of nitrogens with zero attached hydrogens (tertiary/aromatic N) is 4. The van der Waals surface area contributed by atoms with Crippen molar-refractivity contribution >= 4 is 17.6 Å². The third kappa shape index (κ3) is 5.11. The number of halogens is 3. The number of piperidine rings is 1. The molecule has 1 aromatic carbocycles. The number of rotatable bonds is 2. The van der Waals surface area contributed by atoms with Gasteiger partial charge in [0, 0.05) is 49.3 Å². The van der Waals surface area contributed by atoms with Gasteiger partial charge in [-0.2, -0.15) is 13.2 Å². The van der Waals surface area contributed by atoms with Crippen molar-refractivity contribution in [2.45, 2.75) is 43.3 Å². The number of fused-ring (bicyclic) bond motifs is 2. The molecule has 0 radical (unpaired) electrons. The molecule has 0 amide bonds. The van der Waals surface area contributed by atoms with Gasteiger partial charge in [-0.05, 0) is 56.5 Å². The first-order chi connectivity index (χ1) is 15.8. The first-order valence-electron chi connectivity index (χ1n) is 11.1. The molecule has 0 atom stereocenters. The summed E-state index contributed by atoms with van der Waals surface area (Å²) in [5.74, 6) is -1.93. The molecule has 1 aromatic heterocycles. The van der Waals surface area contributed by atoms with Crippen LogP contribution in [-0.2, 0) is 14.9 Å². The molecule has 5 rings (SSSR count). The van der Waals surface area contributed by atoms with E-state index >= 15 is 0 Å². The molecule has 3 aliphatic rings. The van der Waals surface area contributed by atoms with Gasteiger partial charge in [0.25, 0.3) is 0 Å². The lowest BCUT2D eigenvalue weighted by Gasteiger charge is -2.44. The number of para-hydroxylation sites is 1. The molecule has 7 nitrogen and oxygen atoms in total. The number of aromatic nitrogens is 2. The third-order valence-electron chi connectivity index (χ3n) is 6.73. The van der Waals surface area contributed by atoms with Crippen molar-refractivity contribution in [3.05, 3.63) is 48.3 Å².